The number of aliphatic hydroxyl groups excluding tert-OH is 1. The van der Waals surface area contributed by atoms with Crippen molar-refractivity contribution in [2.75, 3.05) is 11.5 Å². The fourth-order valence-electron chi connectivity index (χ4n) is 3.95. The van der Waals surface area contributed by atoms with Gasteiger partial charge in [0.05, 0.1) is 23.2 Å². The molecule has 0 aliphatic carbocycles. The molecule has 1 aliphatic rings. The average Bonchev–Trinajstić information content (AvgIpc) is 3.10. The van der Waals surface area contributed by atoms with Gasteiger partial charge in [-0.25, -0.2) is 0 Å². The van der Waals surface area contributed by atoms with Crippen LogP contribution in [0.3, 0.4) is 0 Å². The first kappa shape index (κ1) is 25.1. The minimum atomic E-state index is -4.88. The molecule has 1 atom stereocenters. The standard InChI is InChI=1S/C26H19ClF3NO5/c1-2-35-18-12-13-20(27)19(14-18)23(32)21-22(15-6-4-3-5-7-15)31(25(34)24(21)33)16-8-10-17(11-9-16)36-26(28,29)30/h3-14,22,32H,2H2,1H3/b23-21+. The molecular formula is C26H19ClF3NO5. The predicted octanol–water partition coefficient (Wildman–Crippen LogP) is 6.26. The molecule has 36 heavy (non-hydrogen) atoms. The minimum absolute atomic E-state index is 0.0930. The number of amides is 1. The Morgan fingerprint density at radius 2 is 1.64 bits per heavy atom. The number of nitrogens with zero attached hydrogens (tertiary/aromatic N) is 1. The second kappa shape index (κ2) is 9.94. The fraction of sp³-hybridized carbons (Fsp3) is 0.154. The highest BCUT2D eigenvalue weighted by molar-refractivity contribution is 6.52. The van der Waals surface area contributed by atoms with Gasteiger partial charge in [0.15, 0.2) is 0 Å². The Balaban J connectivity index is 1.86. The molecule has 10 heteroatoms. The van der Waals surface area contributed by atoms with Crippen LogP contribution in [0.25, 0.3) is 5.76 Å². The molecule has 3 aromatic rings. The largest absolute Gasteiger partial charge is 0.573 e. The minimum Gasteiger partial charge on any atom is -0.507 e. The smallest absolute Gasteiger partial charge is 0.507 e. The van der Waals surface area contributed by atoms with E-state index in [1.165, 1.54) is 24.3 Å². The van der Waals surface area contributed by atoms with Gasteiger partial charge in [0.1, 0.15) is 17.3 Å². The third-order valence-electron chi connectivity index (χ3n) is 5.41. The summed E-state index contributed by atoms with van der Waals surface area (Å²) in [4.78, 5) is 27.5. The molecule has 3 aromatic carbocycles. The third-order valence-corrected chi connectivity index (χ3v) is 5.74. The normalized spacial score (nSPS) is 17.4. The van der Waals surface area contributed by atoms with Gasteiger partial charge >= 0.3 is 6.36 Å². The molecule has 1 heterocycles. The molecule has 6 nitrogen and oxygen atoms in total. The number of hydrogen-bond donors (Lipinski definition) is 1. The number of halogens is 4. The second-order valence-electron chi connectivity index (χ2n) is 7.70. The van der Waals surface area contributed by atoms with Crippen LogP contribution in [0.1, 0.15) is 24.1 Å². The molecule has 1 saturated heterocycles. The van der Waals surface area contributed by atoms with Gasteiger partial charge < -0.3 is 14.6 Å². The third kappa shape index (κ3) is 5.01. The van der Waals surface area contributed by atoms with Gasteiger partial charge in [-0.3, -0.25) is 14.5 Å². The van der Waals surface area contributed by atoms with Gasteiger partial charge in [0, 0.05) is 11.3 Å². The maximum atomic E-state index is 13.2. The summed E-state index contributed by atoms with van der Waals surface area (Å²) in [6, 6.07) is 16.4. The van der Waals surface area contributed by atoms with Crippen molar-refractivity contribution >= 4 is 34.7 Å². The summed E-state index contributed by atoms with van der Waals surface area (Å²) >= 11 is 6.31. The van der Waals surface area contributed by atoms with Crippen LogP contribution in [0.2, 0.25) is 5.02 Å². The quantitative estimate of drug-likeness (QED) is 0.237. The first-order chi connectivity index (χ1) is 17.1. The molecule has 1 fully saturated rings. The Labute approximate surface area is 209 Å². The van der Waals surface area contributed by atoms with E-state index in [0.29, 0.717) is 17.9 Å². The Hall–Kier alpha value is -3.98. The van der Waals surface area contributed by atoms with Crippen LogP contribution in [0.5, 0.6) is 11.5 Å². The number of ketones is 1. The molecule has 0 radical (unpaired) electrons. The Bertz CT molecular complexity index is 1320. The van der Waals surface area contributed by atoms with E-state index < -0.39 is 35.6 Å². The Morgan fingerprint density at radius 3 is 2.25 bits per heavy atom. The van der Waals surface area contributed by atoms with E-state index in [0.717, 1.165) is 17.0 Å². The van der Waals surface area contributed by atoms with Gasteiger partial charge in [0.25, 0.3) is 11.7 Å². The highest BCUT2D eigenvalue weighted by atomic mass is 35.5. The van der Waals surface area contributed by atoms with Crippen LogP contribution in [-0.2, 0) is 9.59 Å². The molecule has 1 unspecified atom stereocenters. The summed E-state index contributed by atoms with van der Waals surface area (Å²) < 4.78 is 47.1. The Kier molecular flexibility index (Phi) is 6.94. The van der Waals surface area contributed by atoms with E-state index in [2.05, 4.69) is 4.74 Å². The molecule has 1 N–H and O–H groups in total. The number of carbonyl (C=O) groups excluding carboxylic acids is 2. The van der Waals surface area contributed by atoms with Crippen molar-refractivity contribution in [2.24, 2.45) is 0 Å². The van der Waals surface area contributed by atoms with E-state index in [-0.39, 0.29) is 21.8 Å². The molecule has 0 bridgehead atoms. The zero-order valence-corrected chi connectivity index (χ0v) is 19.5. The predicted molar refractivity (Wildman–Crippen MR) is 127 cm³/mol. The van der Waals surface area contributed by atoms with Crippen molar-refractivity contribution in [3.63, 3.8) is 0 Å². The van der Waals surface area contributed by atoms with E-state index >= 15 is 0 Å². The number of rotatable bonds is 6. The van der Waals surface area contributed by atoms with E-state index in [1.54, 1.807) is 43.3 Å². The Morgan fingerprint density at radius 1 is 1.00 bits per heavy atom. The monoisotopic (exact) mass is 517 g/mol. The molecule has 1 amide bonds. The van der Waals surface area contributed by atoms with Crippen molar-refractivity contribution in [3.05, 3.63) is 94.5 Å². The summed E-state index contributed by atoms with van der Waals surface area (Å²) in [5.41, 5.74) is 0.493. The number of aliphatic hydroxyl groups is 1. The van der Waals surface area contributed by atoms with Crippen LogP contribution in [-0.4, -0.2) is 29.8 Å². The van der Waals surface area contributed by atoms with Gasteiger partial charge in [-0.15, -0.1) is 13.2 Å². The van der Waals surface area contributed by atoms with Gasteiger partial charge in [-0.05, 0) is 55.0 Å². The molecule has 0 aromatic heterocycles. The lowest BCUT2D eigenvalue weighted by Gasteiger charge is -2.25. The average molecular weight is 518 g/mol. The van der Waals surface area contributed by atoms with E-state index in [4.69, 9.17) is 16.3 Å². The number of carbonyl (C=O) groups is 2. The molecular weight excluding hydrogens is 499 g/mol. The molecule has 1 aliphatic heterocycles. The van der Waals surface area contributed by atoms with Gasteiger partial charge in [-0.2, -0.15) is 0 Å². The first-order valence-corrected chi connectivity index (χ1v) is 11.1. The second-order valence-corrected chi connectivity index (χ2v) is 8.10. The molecule has 0 saturated carbocycles. The SMILES string of the molecule is CCOc1ccc(Cl)c(/C(O)=C2\C(=O)C(=O)N(c3ccc(OC(F)(F)F)cc3)C2c2ccccc2)c1. The first-order valence-electron chi connectivity index (χ1n) is 10.7. The maximum absolute atomic E-state index is 13.2. The number of ether oxygens (including phenoxy) is 2. The molecule has 186 valence electrons. The summed E-state index contributed by atoms with van der Waals surface area (Å²) in [5, 5.41) is 11.4. The van der Waals surface area contributed by atoms with Crippen LogP contribution >= 0.6 is 11.6 Å². The van der Waals surface area contributed by atoms with Crippen molar-refractivity contribution in [3.8, 4) is 11.5 Å². The van der Waals surface area contributed by atoms with Crippen LogP contribution in [0.4, 0.5) is 18.9 Å². The summed E-state index contributed by atoms with van der Waals surface area (Å²) in [6.45, 7) is 2.13. The number of Topliss-reactive ketones (excluding diaryl/α,β-unsaturated/α-hetero) is 1. The summed E-state index contributed by atoms with van der Waals surface area (Å²) in [5.74, 6) is -2.54. The summed E-state index contributed by atoms with van der Waals surface area (Å²) in [6.07, 6.45) is -4.88. The lowest BCUT2D eigenvalue weighted by atomic mass is 9.95. The van der Waals surface area contributed by atoms with Crippen molar-refractivity contribution in [1.82, 2.24) is 0 Å². The number of anilines is 1. The topological polar surface area (TPSA) is 76.1 Å². The maximum Gasteiger partial charge on any atom is 0.573 e. The van der Waals surface area contributed by atoms with E-state index in [9.17, 15) is 27.9 Å². The number of alkyl halides is 3. The van der Waals surface area contributed by atoms with Gasteiger partial charge in [0.2, 0.25) is 0 Å². The molecule has 4 rings (SSSR count). The van der Waals surface area contributed by atoms with Gasteiger partial charge in [-0.1, -0.05) is 41.9 Å². The molecule has 0 spiro atoms. The van der Waals surface area contributed by atoms with Crippen molar-refractivity contribution < 1.29 is 37.3 Å². The van der Waals surface area contributed by atoms with E-state index in [1.807, 2.05) is 0 Å². The number of hydrogen-bond acceptors (Lipinski definition) is 5. The van der Waals surface area contributed by atoms with Crippen LogP contribution in [0.15, 0.2) is 78.4 Å². The summed E-state index contributed by atoms with van der Waals surface area (Å²) in [7, 11) is 0. The lowest BCUT2D eigenvalue weighted by Crippen LogP contribution is -2.29. The van der Waals surface area contributed by atoms with Crippen molar-refractivity contribution in [1.29, 1.82) is 0 Å². The lowest BCUT2D eigenvalue weighted by molar-refractivity contribution is -0.274. The zero-order chi connectivity index (χ0) is 26.0. The van der Waals surface area contributed by atoms with Crippen LogP contribution in [0, 0.1) is 0 Å². The highest BCUT2D eigenvalue weighted by Crippen LogP contribution is 2.43. The van der Waals surface area contributed by atoms with Crippen molar-refractivity contribution in [2.45, 2.75) is 19.3 Å². The zero-order valence-electron chi connectivity index (χ0n) is 18.8. The highest BCUT2D eigenvalue weighted by Gasteiger charge is 2.47. The van der Waals surface area contributed by atoms with Crippen LogP contribution < -0.4 is 14.4 Å². The number of benzene rings is 3. The fourth-order valence-corrected chi connectivity index (χ4v) is 4.15.